The van der Waals surface area contributed by atoms with E-state index in [1.54, 1.807) is 17.0 Å². The van der Waals surface area contributed by atoms with Crippen molar-refractivity contribution in [1.82, 2.24) is 10.2 Å². The van der Waals surface area contributed by atoms with E-state index in [9.17, 15) is 14.0 Å². The highest BCUT2D eigenvalue weighted by molar-refractivity contribution is 5.76. The maximum atomic E-state index is 13.0. The van der Waals surface area contributed by atoms with Gasteiger partial charge in [-0.05, 0) is 52.2 Å². The highest BCUT2D eigenvalue weighted by Crippen LogP contribution is 2.24. The molecule has 1 saturated heterocycles. The summed E-state index contributed by atoms with van der Waals surface area (Å²) in [6.45, 7) is 6.81. The van der Waals surface area contributed by atoms with E-state index in [0.29, 0.717) is 31.7 Å². The fraction of sp³-hybridized carbons (Fsp3) is 0.600. The molecule has 2 amide bonds. The summed E-state index contributed by atoms with van der Waals surface area (Å²) in [6.07, 6.45) is 2.44. The lowest BCUT2D eigenvalue weighted by Crippen LogP contribution is -2.40. The predicted octanol–water partition coefficient (Wildman–Crippen LogP) is 3.50. The van der Waals surface area contributed by atoms with Crippen molar-refractivity contribution in [2.45, 2.75) is 58.1 Å². The van der Waals surface area contributed by atoms with Gasteiger partial charge in [0.05, 0.1) is 6.54 Å². The largest absolute Gasteiger partial charge is 0.492 e. The molecule has 0 aromatic heterocycles. The van der Waals surface area contributed by atoms with Gasteiger partial charge in [0.2, 0.25) is 5.91 Å². The Bertz CT molecular complexity index is 645. The maximum absolute atomic E-state index is 13.0. The van der Waals surface area contributed by atoms with Crippen LogP contribution < -0.4 is 10.1 Å². The summed E-state index contributed by atoms with van der Waals surface area (Å²) < 4.78 is 23.9. The Labute approximate surface area is 160 Å². The third kappa shape index (κ3) is 7.45. The zero-order chi connectivity index (χ0) is 19.9. The van der Waals surface area contributed by atoms with E-state index in [2.05, 4.69) is 5.32 Å². The Hall–Kier alpha value is -2.31. The number of nitrogens with one attached hydrogen (secondary N) is 1. The zero-order valence-corrected chi connectivity index (χ0v) is 16.3. The van der Waals surface area contributed by atoms with Gasteiger partial charge in [0, 0.05) is 25.1 Å². The normalized spacial score (nSPS) is 16.9. The van der Waals surface area contributed by atoms with E-state index >= 15 is 0 Å². The first kappa shape index (κ1) is 21.0. The molecule has 6 nitrogen and oxygen atoms in total. The summed E-state index contributed by atoms with van der Waals surface area (Å²) in [6, 6.07) is 5.91. The molecule has 2 rings (SSSR count). The van der Waals surface area contributed by atoms with Crippen molar-refractivity contribution in [3.05, 3.63) is 30.1 Å². The van der Waals surface area contributed by atoms with Crippen LogP contribution in [-0.4, -0.2) is 48.2 Å². The molecular weight excluding hydrogens is 351 g/mol. The number of rotatable bonds is 7. The second-order valence-electron chi connectivity index (χ2n) is 7.66. The summed E-state index contributed by atoms with van der Waals surface area (Å²) in [5.41, 5.74) is -0.525. The van der Waals surface area contributed by atoms with Gasteiger partial charge in [0.15, 0.2) is 0 Å². The van der Waals surface area contributed by atoms with Crippen molar-refractivity contribution < 1.29 is 23.5 Å². The quantitative estimate of drug-likeness (QED) is 0.735. The molecule has 0 saturated carbocycles. The van der Waals surface area contributed by atoms with Gasteiger partial charge in [0.25, 0.3) is 0 Å². The number of amides is 2. The lowest BCUT2D eigenvalue weighted by Gasteiger charge is -2.28. The maximum Gasteiger partial charge on any atom is 0.410 e. The van der Waals surface area contributed by atoms with Gasteiger partial charge in [-0.3, -0.25) is 4.79 Å². The van der Waals surface area contributed by atoms with E-state index in [1.807, 2.05) is 20.8 Å². The van der Waals surface area contributed by atoms with Gasteiger partial charge < -0.3 is 19.7 Å². The molecule has 0 bridgehead atoms. The van der Waals surface area contributed by atoms with Gasteiger partial charge in [-0.15, -0.1) is 0 Å². The molecule has 1 aliphatic heterocycles. The minimum absolute atomic E-state index is 0.0362. The van der Waals surface area contributed by atoms with Gasteiger partial charge in [-0.25, -0.2) is 9.18 Å². The molecular formula is C20H29FN2O4. The lowest BCUT2D eigenvalue weighted by molar-refractivity contribution is -0.121. The molecule has 7 heteroatoms. The Morgan fingerprint density at radius 3 is 2.81 bits per heavy atom. The second-order valence-corrected chi connectivity index (χ2v) is 7.66. The number of hydrogen-bond donors (Lipinski definition) is 1. The number of carbonyl (C=O) groups excluding carboxylic acids is 2. The van der Waals surface area contributed by atoms with Crippen LogP contribution in [-0.2, 0) is 9.53 Å². The van der Waals surface area contributed by atoms with E-state index in [-0.39, 0.29) is 30.5 Å². The van der Waals surface area contributed by atoms with Crippen LogP contribution in [0.1, 0.15) is 46.5 Å². The van der Waals surface area contributed by atoms with Gasteiger partial charge in [0.1, 0.15) is 23.8 Å². The minimum Gasteiger partial charge on any atom is -0.492 e. The van der Waals surface area contributed by atoms with Crippen LogP contribution in [0.5, 0.6) is 5.75 Å². The van der Waals surface area contributed by atoms with Crippen LogP contribution in [0, 0.1) is 5.82 Å². The van der Waals surface area contributed by atoms with Crippen LogP contribution >= 0.6 is 0 Å². The summed E-state index contributed by atoms with van der Waals surface area (Å²) in [5.74, 6) is -0.0141. The molecule has 1 fully saturated rings. The predicted molar refractivity (Wildman–Crippen MR) is 100 cm³/mol. The number of likely N-dealkylation sites (tertiary alicyclic amines) is 1. The molecule has 1 heterocycles. The van der Waals surface area contributed by atoms with Crippen LogP contribution in [0.25, 0.3) is 0 Å². The first-order valence-corrected chi connectivity index (χ1v) is 9.39. The Kier molecular flexibility index (Phi) is 7.45. The van der Waals surface area contributed by atoms with Crippen molar-refractivity contribution >= 4 is 12.0 Å². The monoisotopic (exact) mass is 380 g/mol. The number of nitrogens with zero attached hydrogens (tertiary/aromatic N) is 1. The van der Waals surface area contributed by atoms with Crippen molar-refractivity contribution in [2.24, 2.45) is 0 Å². The lowest BCUT2D eigenvalue weighted by atomic mass is 10.1. The highest BCUT2D eigenvalue weighted by atomic mass is 19.1. The molecule has 0 aliphatic carbocycles. The third-order valence-electron chi connectivity index (χ3n) is 4.20. The van der Waals surface area contributed by atoms with Crippen LogP contribution in [0.15, 0.2) is 24.3 Å². The summed E-state index contributed by atoms with van der Waals surface area (Å²) >= 11 is 0. The van der Waals surface area contributed by atoms with Crippen molar-refractivity contribution in [3.63, 3.8) is 0 Å². The average Bonchev–Trinajstić information content (AvgIpc) is 3.04. The molecule has 1 atom stereocenters. The van der Waals surface area contributed by atoms with Crippen LogP contribution in [0.3, 0.4) is 0 Å². The van der Waals surface area contributed by atoms with Gasteiger partial charge >= 0.3 is 6.09 Å². The fourth-order valence-electron chi connectivity index (χ4n) is 3.00. The number of benzene rings is 1. The topological polar surface area (TPSA) is 67.9 Å². The zero-order valence-electron chi connectivity index (χ0n) is 16.3. The summed E-state index contributed by atoms with van der Waals surface area (Å²) in [7, 11) is 0. The van der Waals surface area contributed by atoms with E-state index < -0.39 is 5.60 Å². The fourth-order valence-corrected chi connectivity index (χ4v) is 3.00. The number of hydrogen-bond acceptors (Lipinski definition) is 4. The molecule has 150 valence electrons. The minimum atomic E-state index is -0.525. The number of carbonyl (C=O) groups is 2. The van der Waals surface area contributed by atoms with Crippen molar-refractivity contribution in [3.8, 4) is 5.75 Å². The first-order chi connectivity index (χ1) is 12.7. The Balaban J connectivity index is 1.66. The van der Waals surface area contributed by atoms with Crippen LogP contribution in [0.4, 0.5) is 9.18 Å². The van der Waals surface area contributed by atoms with E-state index in [1.165, 1.54) is 12.1 Å². The molecule has 1 N–H and O–H groups in total. The molecule has 1 aromatic carbocycles. The summed E-state index contributed by atoms with van der Waals surface area (Å²) in [4.78, 5) is 26.0. The molecule has 0 spiro atoms. The highest BCUT2D eigenvalue weighted by Gasteiger charge is 2.32. The smallest absolute Gasteiger partial charge is 0.410 e. The van der Waals surface area contributed by atoms with Gasteiger partial charge in [-0.1, -0.05) is 6.07 Å². The molecule has 0 radical (unpaired) electrons. The van der Waals surface area contributed by atoms with Gasteiger partial charge in [-0.2, -0.15) is 0 Å². The first-order valence-electron chi connectivity index (χ1n) is 9.39. The SMILES string of the molecule is CC(C)(C)OC(=O)N1CCC[C@H]1CCC(=O)NCCOc1cccc(F)c1. The van der Waals surface area contributed by atoms with Crippen molar-refractivity contribution in [2.75, 3.05) is 19.7 Å². The summed E-state index contributed by atoms with van der Waals surface area (Å²) in [5, 5.41) is 2.78. The van der Waals surface area contributed by atoms with Crippen LogP contribution in [0.2, 0.25) is 0 Å². The van der Waals surface area contributed by atoms with E-state index in [4.69, 9.17) is 9.47 Å². The standard InChI is InChI=1S/C20H29FN2O4/c1-20(2,3)27-19(25)23-12-5-7-16(23)9-10-18(24)22-11-13-26-17-8-4-6-15(21)14-17/h4,6,8,14,16H,5,7,9-13H2,1-3H3,(H,22,24)/t16-/m0/s1. The third-order valence-corrected chi connectivity index (χ3v) is 4.20. The second kappa shape index (κ2) is 9.58. The Morgan fingerprint density at radius 1 is 1.33 bits per heavy atom. The molecule has 1 aromatic rings. The van der Waals surface area contributed by atoms with E-state index in [0.717, 1.165) is 12.8 Å². The average molecular weight is 380 g/mol. The molecule has 0 unspecified atom stereocenters. The number of halogens is 1. The Morgan fingerprint density at radius 2 is 2.11 bits per heavy atom. The molecule has 27 heavy (non-hydrogen) atoms. The number of ether oxygens (including phenoxy) is 2. The van der Waals surface area contributed by atoms with Crippen molar-refractivity contribution in [1.29, 1.82) is 0 Å². The molecule has 1 aliphatic rings.